The number of ether oxygens (including phenoxy) is 1. The molecule has 0 spiro atoms. The molecule has 0 aromatic heterocycles. The van der Waals surface area contributed by atoms with Crippen LogP contribution in [0.15, 0.2) is 84.9 Å². The van der Waals surface area contributed by atoms with E-state index in [1.54, 1.807) is 12.1 Å². The largest absolute Gasteiger partial charge is 0.508 e. The molecular weight excluding hydrogens is 436 g/mol. The van der Waals surface area contributed by atoms with Gasteiger partial charge in [-0.3, -0.25) is 9.69 Å². The molecule has 184 valence electrons. The van der Waals surface area contributed by atoms with Crippen LogP contribution in [0.5, 0.6) is 5.75 Å². The molecule has 0 bridgehead atoms. The summed E-state index contributed by atoms with van der Waals surface area (Å²) in [6.45, 7) is 6.75. The van der Waals surface area contributed by atoms with Gasteiger partial charge in [-0.15, -0.1) is 0 Å². The molecule has 3 aromatic carbocycles. The van der Waals surface area contributed by atoms with Gasteiger partial charge in [-0.1, -0.05) is 72.8 Å². The maximum absolute atomic E-state index is 13.1. The number of phenols is 1. The minimum absolute atomic E-state index is 0.132. The fraction of sp³-hybridized carbons (Fsp3) is 0.367. The monoisotopic (exact) mass is 472 g/mol. The third kappa shape index (κ3) is 5.58. The topological polar surface area (TPSA) is 75.8 Å². The van der Waals surface area contributed by atoms with E-state index in [1.165, 1.54) is 0 Å². The van der Waals surface area contributed by atoms with Crippen molar-refractivity contribution in [1.82, 2.24) is 4.90 Å². The third-order valence-corrected chi connectivity index (χ3v) is 7.46. The molecule has 1 saturated heterocycles. The van der Waals surface area contributed by atoms with Crippen LogP contribution in [-0.2, 0) is 21.6 Å². The van der Waals surface area contributed by atoms with Crippen LogP contribution >= 0.6 is 0 Å². The van der Waals surface area contributed by atoms with Crippen LogP contribution in [0.25, 0.3) is 0 Å². The minimum Gasteiger partial charge on any atom is -0.508 e. The standard InChI is InChI=1S/C30H36N2O3/c1-29(2,32-19-16-27(21-32)35-22-23-10-9-15-26(33)20-23)17-18-30(28(31)34,24-11-5-3-6-12-24)25-13-7-4-8-14-25/h3-15,20,27,33H,16-19,21-22H2,1-2H3,(H2,31,34)/t27-/m1/s1. The first-order valence-corrected chi connectivity index (χ1v) is 12.4. The molecule has 5 nitrogen and oxygen atoms in total. The Balaban J connectivity index is 1.47. The van der Waals surface area contributed by atoms with E-state index < -0.39 is 5.41 Å². The Morgan fingerprint density at radius 1 is 0.971 bits per heavy atom. The second-order valence-electron chi connectivity index (χ2n) is 10.2. The van der Waals surface area contributed by atoms with Gasteiger partial charge in [0, 0.05) is 18.6 Å². The van der Waals surface area contributed by atoms with Gasteiger partial charge in [-0.25, -0.2) is 0 Å². The molecule has 3 aromatic rings. The maximum atomic E-state index is 13.1. The predicted octanol–water partition coefficient (Wildman–Crippen LogP) is 5.01. The van der Waals surface area contributed by atoms with Crippen molar-refractivity contribution in [3.63, 3.8) is 0 Å². The van der Waals surface area contributed by atoms with Crippen molar-refractivity contribution >= 4 is 5.91 Å². The minimum atomic E-state index is -0.884. The summed E-state index contributed by atoms with van der Waals surface area (Å²) in [6, 6.07) is 27.0. The summed E-state index contributed by atoms with van der Waals surface area (Å²) in [4.78, 5) is 15.6. The molecule has 1 atom stereocenters. The average Bonchev–Trinajstić information content (AvgIpc) is 3.35. The number of nitrogens with zero attached hydrogens (tertiary/aromatic N) is 1. The number of nitrogens with two attached hydrogens (primary N) is 1. The fourth-order valence-corrected chi connectivity index (χ4v) is 5.23. The van der Waals surface area contributed by atoms with Crippen LogP contribution in [0.3, 0.4) is 0 Å². The summed E-state index contributed by atoms with van der Waals surface area (Å²) in [5, 5.41) is 9.69. The summed E-state index contributed by atoms with van der Waals surface area (Å²) in [5.74, 6) is -0.0607. The summed E-state index contributed by atoms with van der Waals surface area (Å²) in [5.41, 5.74) is 7.98. The van der Waals surface area contributed by atoms with Crippen molar-refractivity contribution in [3.8, 4) is 5.75 Å². The quantitative estimate of drug-likeness (QED) is 0.435. The van der Waals surface area contributed by atoms with Crippen molar-refractivity contribution < 1.29 is 14.6 Å². The normalized spacial score (nSPS) is 16.9. The first-order valence-electron chi connectivity index (χ1n) is 12.4. The second-order valence-corrected chi connectivity index (χ2v) is 10.2. The third-order valence-electron chi connectivity index (χ3n) is 7.46. The Morgan fingerprint density at radius 3 is 2.17 bits per heavy atom. The van der Waals surface area contributed by atoms with Crippen LogP contribution in [-0.4, -0.2) is 40.6 Å². The second kappa shape index (κ2) is 10.6. The number of aromatic hydroxyl groups is 1. The number of carbonyl (C=O) groups is 1. The van der Waals surface area contributed by atoms with Gasteiger partial charge in [0.1, 0.15) is 5.75 Å². The highest BCUT2D eigenvalue weighted by Crippen LogP contribution is 2.40. The number of amides is 1. The van der Waals surface area contributed by atoms with Gasteiger partial charge in [-0.2, -0.15) is 0 Å². The lowest BCUT2D eigenvalue weighted by atomic mass is 9.69. The SMILES string of the molecule is CC(C)(CCC(C(N)=O)(c1ccccc1)c1ccccc1)N1CC[C@@H](OCc2cccc(O)c2)C1. The van der Waals surface area contributed by atoms with E-state index in [2.05, 4.69) is 18.7 Å². The highest BCUT2D eigenvalue weighted by molar-refractivity contribution is 5.90. The van der Waals surface area contributed by atoms with Gasteiger partial charge in [0.05, 0.1) is 18.1 Å². The average molecular weight is 473 g/mol. The molecule has 1 aliphatic rings. The van der Waals surface area contributed by atoms with E-state index >= 15 is 0 Å². The summed E-state index contributed by atoms with van der Waals surface area (Å²) in [7, 11) is 0. The zero-order chi connectivity index (χ0) is 24.9. The summed E-state index contributed by atoms with van der Waals surface area (Å²) < 4.78 is 6.16. The number of carbonyl (C=O) groups excluding carboxylic acids is 1. The van der Waals surface area contributed by atoms with Crippen LogP contribution in [0.1, 0.15) is 49.8 Å². The Labute approximate surface area is 208 Å². The Morgan fingerprint density at radius 2 is 1.60 bits per heavy atom. The van der Waals surface area contributed by atoms with E-state index in [4.69, 9.17) is 10.5 Å². The smallest absolute Gasteiger partial charge is 0.232 e. The zero-order valence-corrected chi connectivity index (χ0v) is 20.7. The summed E-state index contributed by atoms with van der Waals surface area (Å²) >= 11 is 0. The van der Waals surface area contributed by atoms with E-state index in [1.807, 2.05) is 72.8 Å². The number of hydrogen-bond acceptors (Lipinski definition) is 4. The molecule has 0 unspecified atom stereocenters. The van der Waals surface area contributed by atoms with Crippen LogP contribution in [0, 0.1) is 0 Å². The molecule has 5 heteroatoms. The van der Waals surface area contributed by atoms with Gasteiger partial charge < -0.3 is 15.6 Å². The van der Waals surface area contributed by atoms with E-state index in [0.717, 1.165) is 42.6 Å². The lowest BCUT2D eigenvalue weighted by Gasteiger charge is -2.40. The van der Waals surface area contributed by atoms with Gasteiger partial charge in [0.15, 0.2) is 0 Å². The molecule has 0 aliphatic carbocycles. The van der Waals surface area contributed by atoms with Crippen molar-refractivity contribution in [1.29, 1.82) is 0 Å². The molecule has 35 heavy (non-hydrogen) atoms. The van der Waals surface area contributed by atoms with Gasteiger partial charge in [-0.05, 0) is 61.9 Å². The van der Waals surface area contributed by atoms with Crippen molar-refractivity contribution in [3.05, 3.63) is 102 Å². The molecule has 4 rings (SSSR count). The lowest BCUT2D eigenvalue weighted by Crippen LogP contribution is -2.47. The van der Waals surface area contributed by atoms with Gasteiger partial charge in [0.2, 0.25) is 5.91 Å². The van der Waals surface area contributed by atoms with Crippen LogP contribution in [0.2, 0.25) is 0 Å². The van der Waals surface area contributed by atoms with Crippen molar-refractivity contribution in [2.75, 3.05) is 13.1 Å². The molecule has 1 heterocycles. The molecule has 0 radical (unpaired) electrons. The van der Waals surface area contributed by atoms with Crippen molar-refractivity contribution in [2.45, 2.75) is 56.8 Å². The van der Waals surface area contributed by atoms with Gasteiger partial charge >= 0.3 is 0 Å². The Kier molecular flexibility index (Phi) is 7.58. The number of likely N-dealkylation sites (tertiary alicyclic amines) is 1. The van der Waals surface area contributed by atoms with E-state index in [0.29, 0.717) is 13.0 Å². The fourth-order valence-electron chi connectivity index (χ4n) is 5.23. The zero-order valence-electron chi connectivity index (χ0n) is 20.7. The Hall–Kier alpha value is -3.15. The predicted molar refractivity (Wildman–Crippen MR) is 139 cm³/mol. The number of benzene rings is 3. The number of hydrogen-bond donors (Lipinski definition) is 2. The van der Waals surface area contributed by atoms with E-state index in [9.17, 15) is 9.90 Å². The maximum Gasteiger partial charge on any atom is 0.232 e. The van der Waals surface area contributed by atoms with Crippen LogP contribution < -0.4 is 5.73 Å². The van der Waals surface area contributed by atoms with Crippen molar-refractivity contribution in [2.24, 2.45) is 5.73 Å². The number of primary amides is 1. The van der Waals surface area contributed by atoms with Crippen LogP contribution in [0.4, 0.5) is 0 Å². The molecule has 1 aliphatic heterocycles. The van der Waals surface area contributed by atoms with E-state index in [-0.39, 0.29) is 23.3 Å². The molecular formula is C30H36N2O3. The van der Waals surface area contributed by atoms with Gasteiger partial charge in [0.25, 0.3) is 0 Å². The number of phenolic OH excluding ortho intramolecular Hbond substituents is 1. The molecule has 1 fully saturated rings. The molecule has 3 N–H and O–H groups in total. The first kappa shape index (κ1) is 25.0. The summed E-state index contributed by atoms with van der Waals surface area (Å²) in [6.07, 6.45) is 2.52. The highest BCUT2D eigenvalue weighted by Gasteiger charge is 2.43. The lowest BCUT2D eigenvalue weighted by molar-refractivity contribution is -0.122. The molecule has 0 saturated carbocycles. The first-order chi connectivity index (χ1) is 16.8. The molecule has 1 amide bonds. The Bertz CT molecular complexity index is 1080. The highest BCUT2D eigenvalue weighted by atomic mass is 16.5. The number of rotatable bonds is 10.